The highest BCUT2D eigenvalue weighted by atomic mass is 16.5. The predicted octanol–water partition coefficient (Wildman–Crippen LogP) is 0.0757. The van der Waals surface area contributed by atoms with E-state index in [2.05, 4.69) is 10.1 Å². The molecule has 2 rings (SSSR count). The first-order valence-electron chi connectivity index (χ1n) is 4.57. The number of hydrogen-bond acceptors (Lipinski definition) is 3. The number of carbonyl (C=O) groups is 2. The Balaban J connectivity index is 2.16. The summed E-state index contributed by atoms with van der Waals surface area (Å²) in [6, 6.07) is 0. The van der Waals surface area contributed by atoms with Crippen molar-refractivity contribution < 1.29 is 14.3 Å². The number of ether oxygens (including phenoxy) is 1. The van der Waals surface area contributed by atoms with Crippen molar-refractivity contribution in [2.75, 3.05) is 13.7 Å². The van der Waals surface area contributed by atoms with Crippen molar-refractivity contribution in [1.29, 1.82) is 0 Å². The number of amides is 1. The van der Waals surface area contributed by atoms with E-state index in [0.29, 0.717) is 6.54 Å². The van der Waals surface area contributed by atoms with E-state index < -0.39 is 5.41 Å². The first-order chi connectivity index (χ1) is 6.20. The average Bonchev–Trinajstić information content (AvgIpc) is 2.47. The molecule has 2 unspecified atom stereocenters. The molecule has 0 aromatic heterocycles. The molecule has 72 valence electrons. The summed E-state index contributed by atoms with van der Waals surface area (Å²) in [5.74, 6) is -0.391. The van der Waals surface area contributed by atoms with Gasteiger partial charge < -0.3 is 10.1 Å². The highest BCUT2D eigenvalue weighted by Crippen LogP contribution is 2.51. The molecule has 2 fully saturated rings. The molecule has 2 aliphatic rings. The van der Waals surface area contributed by atoms with Gasteiger partial charge in [0.1, 0.15) is 0 Å². The molecule has 13 heavy (non-hydrogen) atoms. The van der Waals surface area contributed by atoms with Gasteiger partial charge in [0.2, 0.25) is 5.91 Å². The van der Waals surface area contributed by atoms with Crippen molar-refractivity contribution >= 4 is 11.9 Å². The fourth-order valence-corrected chi connectivity index (χ4v) is 2.38. The van der Waals surface area contributed by atoms with Gasteiger partial charge in [-0.1, -0.05) is 0 Å². The zero-order chi connectivity index (χ0) is 9.47. The molecule has 1 saturated heterocycles. The van der Waals surface area contributed by atoms with E-state index in [1.54, 1.807) is 0 Å². The summed E-state index contributed by atoms with van der Waals surface area (Å²) in [6.07, 6.45) is 2.41. The third-order valence-electron chi connectivity index (χ3n) is 3.34. The van der Waals surface area contributed by atoms with Crippen molar-refractivity contribution in [2.45, 2.75) is 19.3 Å². The van der Waals surface area contributed by atoms with Crippen LogP contribution in [0.3, 0.4) is 0 Å². The average molecular weight is 183 g/mol. The Morgan fingerprint density at radius 3 is 2.77 bits per heavy atom. The van der Waals surface area contributed by atoms with Gasteiger partial charge in [-0.05, 0) is 19.3 Å². The van der Waals surface area contributed by atoms with E-state index in [1.165, 1.54) is 7.11 Å². The minimum Gasteiger partial charge on any atom is -0.469 e. The standard InChI is InChI=1S/C9H13NO3/c1-13-7(11)6-2-3-9(6)4-5-10-8(9)12/h6H,2-5H2,1H3,(H,10,12). The van der Waals surface area contributed by atoms with E-state index in [0.717, 1.165) is 19.3 Å². The Bertz CT molecular complexity index is 264. The van der Waals surface area contributed by atoms with Crippen LogP contribution in [0.2, 0.25) is 0 Å². The van der Waals surface area contributed by atoms with Gasteiger partial charge in [-0.15, -0.1) is 0 Å². The van der Waals surface area contributed by atoms with Gasteiger partial charge in [-0.3, -0.25) is 9.59 Å². The van der Waals surface area contributed by atoms with Gasteiger partial charge in [0, 0.05) is 6.54 Å². The zero-order valence-corrected chi connectivity index (χ0v) is 7.63. The molecule has 1 saturated carbocycles. The monoisotopic (exact) mass is 183 g/mol. The van der Waals surface area contributed by atoms with Crippen LogP contribution in [0.25, 0.3) is 0 Å². The van der Waals surface area contributed by atoms with Crippen molar-refractivity contribution in [3.8, 4) is 0 Å². The Kier molecular flexibility index (Phi) is 1.78. The molecule has 0 aromatic carbocycles. The molecule has 0 radical (unpaired) electrons. The Morgan fingerprint density at radius 1 is 1.62 bits per heavy atom. The summed E-state index contributed by atoms with van der Waals surface area (Å²) in [5.41, 5.74) is -0.410. The minimum atomic E-state index is -0.410. The van der Waals surface area contributed by atoms with Gasteiger partial charge in [-0.2, -0.15) is 0 Å². The smallest absolute Gasteiger partial charge is 0.309 e. The fraction of sp³-hybridized carbons (Fsp3) is 0.778. The van der Waals surface area contributed by atoms with Gasteiger partial charge in [0.05, 0.1) is 18.4 Å². The molecule has 1 heterocycles. The number of hydrogen-bond donors (Lipinski definition) is 1. The second-order valence-corrected chi connectivity index (χ2v) is 3.78. The second-order valence-electron chi connectivity index (χ2n) is 3.78. The third kappa shape index (κ3) is 0.975. The third-order valence-corrected chi connectivity index (χ3v) is 3.34. The lowest BCUT2D eigenvalue weighted by atomic mass is 9.59. The van der Waals surface area contributed by atoms with Crippen LogP contribution >= 0.6 is 0 Å². The largest absolute Gasteiger partial charge is 0.469 e. The fourth-order valence-electron chi connectivity index (χ4n) is 2.38. The summed E-state index contributed by atoms with van der Waals surface area (Å²) < 4.78 is 4.67. The predicted molar refractivity (Wildman–Crippen MR) is 44.8 cm³/mol. The van der Waals surface area contributed by atoms with Crippen LogP contribution in [0.4, 0.5) is 0 Å². The lowest BCUT2D eigenvalue weighted by molar-refractivity contribution is -0.163. The maximum atomic E-state index is 11.5. The summed E-state index contributed by atoms with van der Waals surface area (Å²) >= 11 is 0. The molecular formula is C9H13NO3. The van der Waals surface area contributed by atoms with Gasteiger partial charge in [-0.25, -0.2) is 0 Å². The summed E-state index contributed by atoms with van der Waals surface area (Å²) in [7, 11) is 1.38. The topological polar surface area (TPSA) is 55.4 Å². The molecule has 0 aromatic rings. The summed E-state index contributed by atoms with van der Waals surface area (Å²) in [4.78, 5) is 22.8. The Morgan fingerprint density at radius 2 is 2.38 bits per heavy atom. The molecule has 1 aliphatic heterocycles. The first kappa shape index (κ1) is 8.53. The number of nitrogens with one attached hydrogen (secondary N) is 1. The number of methoxy groups -OCH3 is 1. The highest BCUT2D eigenvalue weighted by molar-refractivity contribution is 5.92. The SMILES string of the molecule is COC(=O)C1CCC12CCNC2=O. The van der Waals surface area contributed by atoms with E-state index in [-0.39, 0.29) is 17.8 Å². The maximum absolute atomic E-state index is 11.5. The number of esters is 1. The van der Waals surface area contributed by atoms with Crippen molar-refractivity contribution in [3.05, 3.63) is 0 Å². The van der Waals surface area contributed by atoms with Crippen molar-refractivity contribution in [2.24, 2.45) is 11.3 Å². The van der Waals surface area contributed by atoms with Gasteiger partial charge in [0.15, 0.2) is 0 Å². The van der Waals surface area contributed by atoms with E-state index >= 15 is 0 Å². The Hall–Kier alpha value is -1.06. The van der Waals surface area contributed by atoms with Crippen LogP contribution in [0.5, 0.6) is 0 Å². The summed E-state index contributed by atoms with van der Waals surface area (Å²) in [5, 5.41) is 2.77. The van der Waals surface area contributed by atoms with Crippen LogP contribution in [0, 0.1) is 11.3 Å². The number of carbonyl (C=O) groups excluding carboxylic acids is 2. The van der Waals surface area contributed by atoms with Gasteiger partial charge in [0.25, 0.3) is 0 Å². The first-order valence-corrected chi connectivity index (χ1v) is 4.57. The van der Waals surface area contributed by atoms with E-state index in [1.807, 2.05) is 0 Å². The molecule has 1 amide bonds. The minimum absolute atomic E-state index is 0.0363. The molecule has 4 heteroatoms. The van der Waals surface area contributed by atoms with E-state index in [9.17, 15) is 9.59 Å². The van der Waals surface area contributed by atoms with Crippen LogP contribution in [0.15, 0.2) is 0 Å². The van der Waals surface area contributed by atoms with Crippen molar-refractivity contribution in [3.63, 3.8) is 0 Å². The molecule has 2 atom stereocenters. The van der Waals surface area contributed by atoms with Gasteiger partial charge >= 0.3 is 5.97 Å². The molecule has 1 N–H and O–H groups in total. The Labute approximate surface area is 76.6 Å². The second kappa shape index (κ2) is 2.72. The van der Waals surface area contributed by atoms with Crippen molar-refractivity contribution in [1.82, 2.24) is 5.32 Å². The van der Waals surface area contributed by atoms with Crippen LogP contribution in [0.1, 0.15) is 19.3 Å². The number of rotatable bonds is 1. The summed E-state index contributed by atoms with van der Waals surface area (Å²) in [6.45, 7) is 0.701. The molecule has 0 bridgehead atoms. The molecule has 1 aliphatic carbocycles. The molecule has 1 spiro atoms. The molecule has 4 nitrogen and oxygen atoms in total. The maximum Gasteiger partial charge on any atom is 0.309 e. The lowest BCUT2D eigenvalue weighted by Gasteiger charge is -2.42. The van der Waals surface area contributed by atoms with E-state index in [4.69, 9.17) is 0 Å². The zero-order valence-electron chi connectivity index (χ0n) is 7.63. The highest BCUT2D eigenvalue weighted by Gasteiger charge is 2.58. The van der Waals surface area contributed by atoms with Crippen LogP contribution in [-0.4, -0.2) is 25.5 Å². The lowest BCUT2D eigenvalue weighted by Crippen LogP contribution is -2.49. The van der Waals surface area contributed by atoms with Crippen LogP contribution in [-0.2, 0) is 14.3 Å². The normalized spacial score (nSPS) is 37.0. The van der Waals surface area contributed by atoms with Crippen LogP contribution < -0.4 is 5.32 Å². The quantitative estimate of drug-likeness (QED) is 0.585. The molecular weight excluding hydrogens is 170 g/mol.